The normalized spacial score (nSPS) is 12.6. The van der Waals surface area contributed by atoms with Crippen molar-refractivity contribution in [2.45, 2.75) is 85.6 Å². The van der Waals surface area contributed by atoms with Crippen LogP contribution in [0.2, 0.25) is 0 Å². The van der Waals surface area contributed by atoms with Crippen LogP contribution < -0.4 is 5.32 Å². The van der Waals surface area contributed by atoms with Crippen molar-refractivity contribution in [3.05, 3.63) is 0 Å². The molecule has 0 aliphatic carbocycles. The summed E-state index contributed by atoms with van der Waals surface area (Å²) in [6.07, 6.45) is 6.71. The van der Waals surface area contributed by atoms with Gasteiger partial charge in [-0.2, -0.15) is 0 Å². The molecule has 0 rings (SSSR count). The molecule has 1 unspecified atom stereocenters. The SMILES string of the molecule is CCCCCCCOC(=O)C(NC(=O)OCCCC)C(C)(C)C. The molecule has 0 spiro atoms. The van der Waals surface area contributed by atoms with Crippen LogP contribution >= 0.6 is 0 Å². The molecule has 5 nitrogen and oxygen atoms in total. The number of nitrogens with one attached hydrogen (secondary N) is 1. The number of ether oxygens (including phenoxy) is 2. The Morgan fingerprint density at radius 3 is 2.00 bits per heavy atom. The maximum absolute atomic E-state index is 12.3. The predicted octanol–water partition coefficient (Wildman–Crippen LogP) is 4.44. The third-order valence-electron chi connectivity index (χ3n) is 3.59. The van der Waals surface area contributed by atoms with E-state index >= 15 is 0 Å². The lowest BCUT2D eigenvalue weighted by Gasteiger charge is -2.29. The number of hydrogen-bond acceptors (Lipinski definition) is 4. The minimum Gasteiger partial charge on any atom is -0.464 e. The number of carbonyl (C=O) groups excluding carboxylic acids is 2. The number of unbranched alkanes of at least 4 members (excludes halogenated alkanes) is 5. The molecule has 136 valence electrons. The number of carbonyl (C=O) groups is 2. The maximum Gasteiger partial charge on any atom is 0.407 e. The van der Waals surface area contributed by atoms with E-state index in [4.69, 9.17) is 9.47 Å². The summed E-state index contributed by atoms with van der Waals surface area (Å²) in [4.78, 5) is 24.0. The summed E-state index contributed by atoms with van der Waals surface area (Å²) in [7, 11) is 0. The summed E-state index contributed by atoms with van der Waals surface area (Å²) in [6.45, 7) is 10.6. The smallest absolute Gasteiger partial charge is 0.407 e. The van der Waals surface area contributed by atoms with Crippen molar-refractivity contribution in [3.8, 4) is 0 Å². The van der Waals surface area contributed by atoms with Gasteiger partial charge in [0.05, 0.1) is 13.2 Å². The highest BCUT2D eigenvalue weighted by Gasteiger charge is 2.34. The van der Waals surface area contributed by atoms with Gasteiger partial charge >= 0.3 is 12.1 Å². The molecule has 5 heteroatoms. The monoisotopic (exact) mass is 329 g/mol. The Labute approximate surface area is 141 Å². The first-order chi connectivity index (χ1) is 10.8. The molecule has 0 heterocycles. The highest BCUT2D eigenvalue weighted by atomic mass is 16.6. The van der Waals surface area contributed by atoms with Gasteiger partial charge in [0.25, 0.3) is 0 Å². The van der Waals surface area contributed by atoms with Crippen molar-refractivity contribution in [2.75, 3.05) is 13.2 Å². The summed E-state index contributed by atoms with van der Waals surface area (Å²) in [5.41, 5.74) is -0.428. The zero-order valence-electron chi connectivity index (χ0n) is 15.6. The Hall–Kier alpha value is -1.26. The van der Waals surface area contributed by atoms with Crippen molar-refractivity contribution in [2.24, 2.45) is 5.41 Å². The second-order valence-electron chi connectivity index (χ2n) is 7.01. The molecule has 0 saturated heterocycles. The van der Waals surface area contributed by atoms with Crippen molar-refractivity contribution in [3.63, 3.8) is 0 Å². The van der Waals surface area contributed by atoms with Gasteiger partial charge < -0.3 is 14.8 Å². The lowest BCUT2D eigenvalue weighted by atomic mass is 9.87. The van der Waals surface area contributed by atoms with Crippen molar-refractivity contribution in [1.29, 1.82) is 0 Å². The quantitative estimate of drug-likeness (QED) is 0.449. The molecular formula is C18H35NO4. The minimum atomic E-state index is -0.702. The second-order valence-corrected chi connectivity index (χ2v) is 7.01. The minimum absolute atomic E-state index is 0.367. The zero-order chi connectivity index (χ0) is 17.7. The second kappa shape index (κ2) is 12.2. The van der Waals surface area contributed by atoms with Gasteiger partial charge in [0.2, 0.25) is 0 Å². The number of amides is 1. The standard InChI is InChI=1S/C18H35NO4/c1-6-8-10-11-12-14-22-16(20)15(18(3,4)5)19-17(21)23-13-9-7-2/h15H,6-14H2,1-5H3,(H,19,21). The summed E-state index contributed by atoms with van der Waals surface area (Å²) >= 11 is 0. The highest BCUT2D eigenvalue weighted by molar-refractivity contribution is 5.82. The number of hydrogen-bond donors (Lipinski definition) is 1. The summed E-state index contributed by atoms with van der Waals surface area (Å²) < 4.78 is 10.4. The molecule has 0 aromatic rings. The van der Waals surface area contributed by atoms with Crippen LogP contribution in [0.5, 0.6) is 0 Å². The van der Waals surface area contributed by atoms with E-state index < -0.39 is 17.6 Å². The van der Waals surface area contributed by atoms with Crippen LogP contribution in [0.3, 0.4) is 0 Å². The van der Waals surface area contributed by atoms with Gasteiger partial charge in [-0.1, -0.05) is 66.7 Å². The molecule has 0 aliphatic rings. The Kier molecular flexibility index (Phi) is 11.5. The number of esters is 1. The molecule has 0 aromatic carbocycles. The fourth-order valence-corrected chi connectivity index (χ4v) is 2.06. The van der Waals surface area contributed by atoms with E-state index in [9.17, 15) is 9.59 Å². The molecule has 0 aromatic heterocycles. The first-order valence-corrected chi connectivity index (χ1v) is 8.92. The molecule has 1 N–H and O–H groups in total. The topological polar surface area (TPSA) is 64.6 Å². The first kappa shape index (κ1) is 21.7. The molecule has 1 atom stereocenters. The van der Waals surface area contributed by atoms with Gasteiger partial charge in [0.15, 0.2) is 0 Å². The summed E-state index contributed by atoms with van der Waals surface area (Å²) in [6, 6.07) is -0.702. The van der Waals surface area contributed by atoms with Gasteiger partial charge in [0.1, 0.15) is 6.04 Å². The molecule has 0 fully saturated rings. The lowest BCUT2D eigenvalue weighted by Crippen LogP contribution is -2.50. The van der Waals surface area contributed by atoms with E-state index in [1.54, 1.807) is 0 Å². The molecule has 0 bridgehead atoms. The van der Waals surface area contributed by atoms with Crippen LogP contribution in [-0.4, -0.2) is 31.3 Å². The van der Waals surface area contributed by atoms with Gasteiger partial charge in [-0.05, 0) is 18.3 Å². The molecule has 23 heavy (non-hydrogen) atoms. The predicted molar refractivity (Wildman–Crippen MR) is 92.4 cm³/mol. The summed E-state index contributed by atoms with van der Waals surface area (Å²) in [5.74, 6) is -0.388. The van der Waals surface area contributed by atoms with E-state index in [1.807, 2.05) is 27.7 Å². The van der Waals surface area contributed by atoms with Crippen LogP contribution in [-0.2, 0) is 14.3 Å². The third-order valence-corrected chi connectivity index (χ3v) is 3.59. The lowest BCUT2D eigenvalue weighted by molar-refractivity contribution is -0.149. The fourth-order valence-electron chi connectivity index (χ4n) is 2.06. The van der Waals surface area contributed by atoms with Crippen LogP contribution in [0.15, 0.2) is 0 Å². The van der Waals surface area contributed by atoms with Gasteiger partial charge in [-0.25, -0.2) is 9.59 Å². The van der Waals surface area contributed by atoms with Gasteiger partial charge in [-0.3, -0.25) is 0 Å². The first-order valence-electron chi connectivity index (χ1n) is 8.92. The van der Waals surface area contributed by atoms with E-state index in [2.05, 4.69) is 12.2 Å². The fraction of sp³-hybridized carbons (Fsp3) is 0.889. The Morgan fingerprint density at radius 1 is 0.870 bits per heavy atom. The molecular weight excluding hydrogens is 294 g/mol. The van der Waals surface area contributed by atoms with E-state index in [0.29, 0.717) is 13.2 Å². The van der Waals surface area contributed by atoms with E-state index in [0.717, 1.165) is 25.7 Å². The van der Waals surface area contributed by atoms with Crippen LogP contribution in [0.4, 0.5) is 4.79 Å². The van der Waals surface area contributed by atoms with E-state index in [-0.39, 0.29) is 5.97 Å². The highest BCUT2D eigenvalue weighted by Crippen LogP contribution is 2.21. The Bertz CT molecular complexity index is 336. The molecule has 1 amide bonds. The molecule has 0 radical (unpaired) electrons. The largest absolute Gasteiger partial charge is 0.464 e. The molecule has 0 saturated carbocycles. The Morgan fingerprint density at radius 2 is 1.43 bits per heavy atom. The average molecular weight is 329 g/mol. The number of alkyl carbamates (subject to hydrolysis) is 1. The van der Waals surface area contributed by atoms with Crippen molar-refractivity contribution >= 4 is 12.1 Å². The van der Waals surface area contributed by atoms with Crippen molar-refractivity contribution < 1.29 is 19.1 Å². The van der Waals surface area contributed by atoms with Crippen LogP contribution in [0.25, 0.3) is 0 Å². The van der Waals surface area contributed by atoms with Crippen molar-refractivity contribution in [1.82, 2.24) is 5.32 Å². The van der Waals surface area contributed by atoms with E-state index in [1.165, 1.54) is 19.3 Å². The number of rotatable bonds is 11. The third kappa shape index (κ3) is 11.0. The van der Waals surface area contributed by atoms with Crippen LogP contribution in [0.1, 0.15) is 79.6 Å². The van der Waals surface area contributed by atoms with Gasteiger partial charge in [0, 0.05) is 0 Å². The van der Waals surface area contributed by atoms with Gasteiger partial charge in [-0.15, -0.1) is 0 Å². The zero-order valence-corrected chi connectivity index (χ0v) is 15.6. The molecule has 0 aliphatic heterocycles. The Balaban J connectivity index is 4.27. The summed E-state index contributed by atoms with van der Waals surface area (Å²) in [5, 5.41) is 2.64. The average Bonchev–Trinajstić information content (AvgIpc) is 2.47. The maximum atomic E-state index is 12.3. The van der Waals surface area contributed by atoms with Crippen LogP contribution in [0, 0.1) is 5.41 Å².